The molecule has 0 aromatic carbocycles. The molecule has 0 spiro atoms. The van der Waals surface area contributed by atoms with Crippen molar-refractivity contribution in [3.63, 3.8) is 0 Å². The fourth-order valence-electron chi connectivity index (χ4n) is 2.77. The van der Waals surface area contributed by atoms with Crippen molar-refractivity contribution in [1.82, 2.24) is 14.0 Å². The van der Waals surface area contributed by atoms with Crippen molar-refractivity contribution >= 4 is 22.6 Å². The second-order valence-corrected chi connectivity index (χ2v) is 5.35. The third kappa shape index (κ3) is 2.49. The van der Waals surface area contributed by atoms with Crippen LogP contribution in [0.2, 0.25) is 0 Å². The van der Waals surface area contributed by atoms with Gasteiger partial charge in [0.15, 0.2) is 0 Å². The fourth-order valence-corrected chi connectivity index (χ4v) is 2.77. The topological polar surface area (TPSA) is 85.8 Å². The summed E-state index contributed by atoms with van der Waals surface area (Å²) in [5.74, 6) is -1.08. The molecule has 0 bridgehead atoms. The van der Waals surface area contributed by atoms with E-state index in [1.165, 1.54) is 10.5 Å². The number of hydrogen-bond acceptors (Lipinski definition) is 4. The maximum absolute atomic E-state index is 12.7. The van der Waals surface area contributed by atoms with Gasteiger partial charge in [0.05, 0.1) is 5.39 Å². The standard InChI is InChI=1S/C16H17N3O4/c1-10-5-3-6-13-17-14-11(15(20)19(10)13)9-12(16(21)22)18(14)7-4-8-23-2/h3,5-6,9H,4,7-8H2,1-2H3,(H,21,22). The number of rotatable bonds is 5. The van der Waals surface area contributed by atoms with E-state index < -0.39 is 5.97 Å². The minimum absolute atomic E-state index is 0.0641. The van der Waals surface area contributed by atoms with Gasteiger partial charge in [0.25, 0.3) is 5.56 Å². The van der Waals surface area contributed by atoms with E-state index >= 15 is 0 Å². The predicted octanol–water partition coefficient (Wildman–Crippen LogP) is 1.69. The van der Waals surface area contributed by atoms with Crippen LogP contribution in [0.25, 0.3) is 16.7 Å². The number of pyridine rings is 1. The number of aryl methyl sites for hydroxylation is 2. The average molecular weight is 315 g/mol. The number of hydrogen-bond donors (Lipinski definition) is 1. The van der Waals surface area contributed by atoms with Crippen LogP contribution in [0.4, 0.5) is 0 Å². The third-order valence-corrected chi connectivity index (χ3v) is 3.84. The first-order chi connectivity index (χ1) is 11.0. The highest BCUT2D eigenvalue weighted by Crippen LogP contribution is 2.18. The number of nitrogens with zero attached hydrogens (tertiary/aromatic N) is 3. The highest BCUT2D eigenvalue weighted by Gasteiger charge is 2.19. The molecule has 7 nitrogen and oxygen atoms in total. The van der Waals surface area contributed by atoms with E-state index in [1.807, 2.05) is 19.1 Å². The zero-order valence-electron chi connectivity index (χ0n) is 12.9. The highest BCUT2D eigenvalue weighted by atomic mass is 16.5. The lowest BCUT2D eigenvalue weighted by Crippen LogP contribution is -2.17. The Bertz CT molecular complexity index is 955. The Morgan fingerprint density at radius 3 is 2.87 bits per heavy atom. The van der Waals surface area contributed by atoms with Crippen LogP contribution in [0.1, 0.15) is 22.6 Å². The van der Waals surface area contributed by atoms with Crippen LogP contribution in [0, 0.1) is 6.92 Å². The maximum atomic E-state index is 12.7. The molecule has 3 aromatic rings. The lowest BCUT2D eigenvalue weighted by Gasteiger charge is -2.08. The van der Waals surface area contributed by atoms with Crippen LogP contribution >= 0.6 is 0 Å². The van der Waals surface area contributed by atoms with Crippen LogP contribution in [0.15, 0.2) is 29.1 Å². The second-order valence-electron chi connectivity index (χ2n) is 5.35. The second kappa shape index (κ2) is 5.85. The molecule has 0 unspecified atom stereocenters. The molecule has 23 heavy (non-hydrogen) atoms. The Balaban J connectivity index is 2.32. The van der Waals surface area contributed by atoms with Gasteiger partial charge in [-0.05, 0) is 31.5 Å². The Hall–Kier alpha value is -2.67. The predicted molar refractivity (Wildman–Crippen MR) is 85.1 cm³/mol. The number of carbonyl (C=O) groups is 1. The normalized spacial score (nSPS) is 11.4. The summed E-state index contributed by atoms with van der Waals surface area (Å²) in [6, 6.07) is 6.77. The summed E-state index contributed by atoms with van der Waals surface area (Å²) in [4.78, 5) is 28.7. The molecule has 3 rings (SSSR count). The van der Waals surface area contributed by atoms with Gasteiger partial charge in [-0.3, -0.25) is 9.20 Å². The number of aromatic carboxylic acids is 1. The Morgan fingerprint density at radius 2 is 2.17 bits per heavy atom. The minimum atomic E-state index is -1.08. The Morgan fingerprint density at radius 1 is 1.39 bits per heavy atom. The molecule has 120 valence electrons. The van der Waals surface area contributed by atoms with E-state index in [0.717, 1.165) is 5.69 Å². The molecule has 0 fully saturated rings. The Labute approximate surface area is 131 Å². The first-order valence-electron chi connectivity index (χ1n) is 7.28. The summed E-state index contributed by atoms with van der Waals surface area (Å²) < 4.78 is 8.08. The lowest BCUT2D eigenvalue weighted by molar-refractivity contribution is 0.0684. The van der Waals surface area contributed by atoms with Crippen molar-refractivity contribution in [3.8, 4) is 0 Å². The van der Waals surface area contributed by atoms with Crippen molar-refractivity contribution in [2.75, 3.05) is 13.7 Å². The maximum Gasteiger partial charge on any atom is 0.352 e. The summed E-state index contributed by atoms with van der Waals surface area (Å²) in [6.45, 7) is 2.74. The number of carboxylic acids is 1. The van der Waals surface area contributed by atoms with Gasteiger partial charge in [-0.15, -0.1) is 0 Å². The molecular weight excluding hydrogens is 298 g/mol. The largest absolute Gasteiger partial charge is 0.477 e. The summed E-state index contributed by atoms with van der Waals surface area (Å²) >= 11 is 0. The van der Waals surface area contributed by atoms with E-state index in [4.69, 9.17) is 4.74 Å². The minimum Gasteiger partial charge on any atom is -0.477 e. The van der Waals surface area contributed by atoms with Crippen LogP contribution < -0.4 is 5.56 Å². The molecule has 3 aromatic heterocycles. The number of methoxy groups -OCH3 is 1. The fraction of sp³-hybridized carbons (Fsp3) is 0.312. The molecule has 3 heterocycles. The van der Waals surface area contributed by atoms with Gasteiger partial charge in [0, 0.05) is 26.0 Å². The molecule has 0 aliphatic rings. The molecule has 0 saturated carbocycles. The van der Waals surface area contributed by atoms with Gasteiger partial charge in [-0.1, -0.05) is 6.07 Å². The van der Waals surface area contributed by atoms with E-state index in [2.05, 4.69) is 4.98 Å². The summed E-state index contributed by atoms with van der Waals surface area (Å²) in [5.41, 5.74) is 1.47. The van der Waals surface area contributed by atoms with E-state index in [-0.39, 0.29) is 11.3 Å². The van der Waals surface area contributed by atoms with Crippen molar-refractivity contribution in [1.29, 1.82) is 0 Å². The molecular formula is C16H17N3O4. The van der Waals surface area contributed by atoms with Gasteiger partial charge in [-0.25, -0.2) is 9.78 Å². The van der Waals surface area contributed by atoms with Gasteiger partial charge in [0.2, 0.25) is 0 Å². The number of carboxylic acid groups (broad SMARTS) is 1. The van der Waals surface area contributed by atoms with Crippen molar-refractivity contribution < 1.29 is 14.6 Å². The van der Waals surface area contributed by atoms with Gasteiger partial charge >= 0.3 is 5.97 Å². The molecule has 1 N–H and O–H groups in total. The van der Waals surface area contributed by atoms with Crippen LogP contribution in [0.5, 0.6) is 0 Å². The number of aromatic nitrogens is 3. The monoisotopic (exact) mass is 315 g/mol. The average Bonchev–Trinajstić information content (AvgIpc) is 2.87. The van der Waals surface area contributed by atoms with Gasteiger partial charge in [0.1, 0.15) is 17.0 Å². The number of fused-ring (bicyclic) bond motifs is 2. The SMILES string of the molecule is COCCCn1c(C(=O)O)cc2c(=O)n3c(C)cccc3nc21. The van der Waals surface area contributed by atoms with Crippen LogP contribution in [0.3, 0.4) is 0 Å². The quantitative estimate of drug-likeness (QED) is 0.724. The zero-order valence-corrected chi connectivity index (χ0v) is 12.9. The highest BCUT2D eigenvalue weighted by molar-refractivity contribution is 5.93. The van der Waals surface area contributed by atoms with E-state index in [9.17, 15) is 14.7 Å². The van der Waals surface area contributed by atoms with Gasteiger partial charge in [-0.2, -0.15) is 0 Å². The van der Waals surface area contributed by atoms with Crippen molar-refractivity contribution in [2.45, 2.75) is 19.9 Å². The zero-order chi connectivity index (χ0) is 16.6. The van der Waals surface area contributed by atoms with Crippen molar-refractivity contribution in [3.05, 3.63) is 46.0 Å². The number of ether oxygens (including phenoxy) is 1. The van der Waals surface area contributed by atoms with E-state index in [1.54, 1.807) is 17.7 Å². The first-order valence-corrected chi connectivity index (χ1v) is 7.28. The van der Waals surface area contributed by atoms with Crippen molar-refractivity contribution in [2.24, 2.45) is 0 Å². The smallest absolute Gasteiger partial charge is 0.352 e. The van der Waals surface area contributed by atoms with Gasteiger partial charge < -0.3 is 14.4 Å². The molecule has 0 aliphatic carbocycles. The molecule has 0 radical (unpaired) electrons. The first kappa shape index (κ1) is 15.2. The third-order valence-electron chi connectivity index (χ3n) is 3.84. The van der Waals surface area contributed by atoms with Crippen LogP contribution in [-0.4, -0.2) is 38.7 Å². The van der Waals surface area contributed by atoms with E-state index in [0.29, 0.717) is 36.3 Å². The molecule has 0 aliphatic heterocycles. The lowest BCUT2D eigenvalue weighted by atomic mass is 10.3. The summed E-state index contributed by atoms with van der Waals surface area (Å²) in [7, 11) is 1.59. The molecule has 0 atom stereocenters. The summed E-state index contributed by atoms with van der Waals surface area (Å²) in [6.07, 6.45) is 0.634. The Kier molecular flexibility index (Phi) is 3.87. The van der Waals surface area contributed by atoms with Crippen LogP contribution in [-0.2, 0) is 11.3 Å². The molecule has 7 heteroatoms. The molecule has 0 amide bonds. The molecule has 0 saturated heterocycles. The summed E-state index contributed by atoms with van der Waals surface area (Å²) in [5, 5.41) is 9.73.